The first-order valence-electron chi connectivity index (χ1n) is 5.75. The molecule has 2 heterocycles. The normalized spacial score (nSPS) is 10.4. The number of hydrogen-bond acceptors (Lipinski definition) is 4. The zero-order valence-electron chi connectivity index (χ0n) is 10.3. The summed E-state index contributed by atoms with van der Waals surface area (Å²) in [5.41, 5.74) is 6.55. The summed E-state index contributed by atoms with van der Waals surface area (Å²) < 4.78 is 5.06. The highest BCUT2D eigenvalue weighted by Crippen LogP contribution is 2.17. The van der Waals surface area contributed by atoms with E-state index >= 15 is 0 Å². The summed E-state index contributed by atoms with van der Waals surface area (Å²) in [6.45, 7) is 2.21. The number of nitrogens with two attached hydrogens (primary N) is 1. The minimum Gasteiger partial charge on any atom is -0.472 e. The molecule has 0 aromatic carbocycles. The van der Waals surface area contributed by atoms with E-state index in [0.29, 0.717) is 6.54 Å². The summed E-state index contributed by atoms with van der Waals surface area (Å²) in [7, 11) is 2.10. The van der Waals surface area contributed by atoms with Crippen molar-refractivity contribution in [2.75, 3.05) is 13.6 Å². The van der Waals surface area contributed by atoms with Crippen LogP contribution in [0.4, 0.5) is 0 Å². The molecule has 2 aromatic heterocycles. The largest absolute Gasteiger partial charge is 0.472 e. The van der Waals surface area contributed by atoms with E-state index in [4.69, 9.17) is 10.2 Å². The molecule has 0 saturated carbocycles. The van der Waals surface area contributed by atoms with Crippen LogP contribution in [0.1, 0.15) is 15.3 Å². The summed E-state index contributed by atoms with van der Waals surface area (Å²) in [6.07, 6.45) is 3.48. The minimum atomic E-state index is 0.410. The van der Waals surface area contributed by atoms with Crippen LogP contribution < -0.4 is 5.73 Å². The quantitative estimate of drug-likeness (QED) is 0.858. The van der Waals surface area contributed by atoms with Crippen molar-refractivity contribution in [2.45, 2.75) is 13.1 Å². The van der Waals surface area contributed by atoms with Gasteiger partial charge in [0.25, 0.3) is 0 Å². The van der Waals surface area contributed by atoms with Crippen LogP contribution in [0.3, 0.4) is 0 Å². The van der Waals surface area contributed by atoms with E-state index < -0.39 is 0 Å². The maximum Gasteiger partial charge on any atom is 0.0947 e. The monoisotopic (exact) mass is 260 g/mol. The van der Waals surface area contributed by atoms with Crippen LogP contribution in [0, 0.1) is 11.8 Å². The molecule has 18 heavy (non-hydrogen) atoms. The molecule has 0 bridgehead atoms. The third kappa shape index (κ3) is 3.74. The van der Waals surface area contributed by atoms with Crippen LogP contribution in [0.2, 0.25) is 0 Å². The van der Waals surface area contributed by atoms with E-state index in [2.05, 4.69) is 29.9 Å². The van der Waals surface area contributed by atoms with Gasteiger partial charge >= 0.3 is 0 Å². The predicted octanol–water partition coefficient (Wildman–Crippen LogP) is 2.28. The molecule has 3 nitrogen and oxygen atoms in total. The highest BCUT2D eigenvalue weighted by Gasteiger charge is 2.04. The number of hydrogen-bond donors (Lipinski definition) is 1. The summed E-state index contributed by atoms with van der Waals surface area (Å²) >= 11 is 1.72. The smallest absolute Gasteiger partial charge is 0.0947 e. The Bertz CT molecular complexity index is 534. The van der Waals surface area contributed by atoms with Gasteiger partial charge in [0.15, 0.2) is 0 Å². The first-order chi connectivity index (χ1) is 8.78. The second-order valence-electron chi connectivity index (χ2n) is 4.08. The van der Waals surface area contributed by atoms with E-state index in [1.807, 2.05) is 12.1 Å². The Hall–Kier alpha value is -1.54. The average Bonchev–Trinajstić information content (AvgIpc) is 2.98. The second-order valence-corrected chi connectivity index (χ2v) is 5.24. The van der Waals surface area contributed by atoms with Crippen molar-refractivity contribution in [1.82, 2.24) is 4.90 Å². The van der Waals surface area contributed by atoms with Gasteiger partial charge in [0, 0.05) is 23.5 Å². The van der Waals surface area contributed by atoms with Gasteiger partial charge in [0.1, 0.15) is 0 Å². The standard InChI is InChI=1S/C14H16N2OS/c1-16(9-12-6-8-17-11-12)10-14-5-4-13(18-14)3-2-7-15/h4-6,8,11H,7,9-10,15H2,1H3. The molecule has 2 N–H and O–H groups in total. The van der Waals surface area contributed by atoms with Crippen LogP contribution in [0.5, 0.6) is 0 Å². The van der Waals surface area contributed by atoms with Gasteiger partial charge in [-0.05, 0) is 25.2 Å². The molecule has 0 unspecified atom stereocenters. The van der Waals surface area contributed by atoms with Crippen molar-refractivity contribution in [3.63, 3.8) is 0 Å². The molecule has 94 valence electrons. The van der Waals surface area contributed by atoms with Gasteiger partial charge < -0.3 is 10.2 Å². The number of rotatable bonds is 4. The third-order valence-electron chi connectivity index (χ3n) is 2.43. The maximum absolute atomic E-state index is 5.35. The molecular formula is C14H16N2OS. The Morgan fingerprint density at radius 1 is 1.33 bits per heavy atom. The fourth-order valence-electron chi connectivity index (χ4n) is 1.68. The zero-order valence-corrected chi connectivity index (χ0v) is 11.2. The first-order valence-corrected chi connectivity index (χ1v) is 6.57. The van der Waals surface area contributed by atoms with Crippen molar-refractivity contribution < 1.29 is 4.42 Å². The Morgan fingerprint density at radius 3 is 2.94 bits per heavy atom. The van der Waals surface area contributed by atoms with Crippen LogP contribution in [0.25, 0.3) is 0 Å². The Kier molecular flexibility index (Phi) is 4.59. The molecule has 0 saturated heterocycles. The van der Waals surface area contributed by atoms with Crippen molar-refractivity contribution in [3.05, 3.63) is 46.0 Å². The Labute approximate surface area is 111 Å². The Morgan fingerprint density at radius 2 is 2.22 bits per heavy atom. The molecule has 0 aliphatic heterocycles. The van der Waals surface area contributed by atoms with Crippen LogP contribution >= 0.6 is 11.3 Å². The van der Waals surface area contributed by atoms with E-state index in [9.17, 15) is 0 Å². The van der Waals surface area contributed by atoms with Crippen molar-refractivity contribution in [3.8, 4) is 11.8 Å². The van der Waals surface area contributed by atoms with Gasteiger partial charge in [-0.25, -0.2) is 0 Å². The number of thiophene rings is 1. The average molecular weight is 260 g/mol. The zero-order chi connectivity index (χ0) is 12.8. The van der Waals surface area contributed by atoms with Crippen LogP contribution in [-0.4, -0.2) is 18.5 Å². The van der Waals surface area contributed by atoms with Crippen LogP contribution in [-0.2, 0) is 13.1 Å². The lowest BCUT2D eigenvalue weighted by atomic mass is 10.3. The molecule has 0 spiro atoms. The van der Waals surface area contributed by atoms with Gasteiger partial charge in [0.05, 0.1) is 23.9 Å². The number of furan rings is 1. The molecule has 2 rings (SSSR count). The maximum atomic E-state index is 5.35. The second kappa shape index (κ2) is 6.41. The predicted molar refractivity (Wildman–Crippen MR) is 74.1 cm³/mol. The summed E-state index contributed by atoms with van der Waals surface area (Å²) in [5, 5.41) is 0. The molecule has 0 radical (unpaired) electrons. The van der Waals surface area contributed by atoms with Crippen LogP contribution in [0.15, 0.2) is 35.1 Å². The van der Waals surface area contributed by atoms with Gasteiger partial charge in [-0.2, -0.15) is 0 Å². The molecule has 0 aliphatic rings. The fraction of sp³-hybridized carbons (Fsp3) is 0.286. The molecular weight excluding hydrogens is 244 g/mol. The van der Waals surface area contributed by atoms with E-state index in [-0.39, 0.29) is 0 Å². The lowest BCUT2D eigenvalue weighted by molar-refractivity contribution is 0.320. The van der Waals surface area contributed by atoms with Crippen molar-refractivity contribution >= 4 is 11.3 Å². The highest BCUT2D eigenvalue weighted by atomic mass is 32.1. The fourth-order valence-corrected chi connectivity index (χ4v) is 2.65. The summed E-state index contributed by atoms with van der Waals surface area (Å²) in [4.78, 5) is 4.63. The van der Waals surface area contributed by atoms with Crippen molar-refractivity contribution in [1.29, 1.82) is 0 Å². The Balaban J connectivity index is 1.90. The molecule has 0 fully saturated rings. The number of nitrogens with zero attached hydrogens (tertiary/aromatic N) is 1. The molecule has 0 amide bonds. The molecule has 0 atom stereocenters. The molecule has 0 aliphatic carbocycles. The topological polar surface area (TPSA) is 42.4 Å². The van der Waals surface area contributed by atoms with Crippen molar-refractivity contribution in [2.24, 2.45) is 5.73 Å². The molecule has 4 heteroatoms. The van der Waals surface area contributed by atoms with Gasteiger partial charge in [-0.15, -0.1) is 11.3 Å². The summed E-state index contributed by atoms with van der Waals surface area (Å²) in [5.74, 6) is 5.92. The highest BCUT2D eigenvalue weighted by molar-refractivity contribution is 7.12. The van der Waals surface area contributed by atoms with Gasteiger partial charge in [-0.3, -0.25) is 4.90 Å². The van der Waals surface area contributed by atoms with Gasteiger partial charge in [0.2, 0.25) is 0 Å². The summed E-state index contributed by atoms with van der Waals surface area (Å²) in [6, 6.07) is 6.16. The SMILES string of the molecule is CN(Cc1ccoc1)Cc1ccc(C#CCN)s1. The minimum absolute atomic E-state index is 0.410. The van der Waals surface area contributed by atoms with E-state index in [1.165, 1.54) is 10.4 Å². The third-order valence-corrected chi connectivity index (χ3v) is 3.42. The lowest BCUT2D eigenvalue weighted by Gasteiger charge is -2.13. The first kappa shape index (κ1) is 12.9. The van der Waals surface area contributed by atoms with E-state index in [1.54, 1.807) is 23.9 Å². The lowest BCUT2D eigenvalue weighted by Crippen LogP contribution is -2.15. The van der Waals surface area contributed by atoms with E-state index in [0.717, 1.165) is 18.0 Å². The van der Waals surface area contributed by atoms with Gasteiger partial charge in [-0.1, -0.05) is 11.8 Å². The molecule has 2 aromatic rings.